The second kappa shape index (κ2) is 4.66. The maximum atomic E-state index is 12.7. The summed E-state index contributed by atoms with van der Waals surface area (Å²) in [7, 11) is 0. The second-order valence-electron chi connectivity index (χ2n) is 5.91. The topological polar surface area (TPSA) is 46.6 Å². The number of rotatable bonds is 1. The summed E-state index contributed by atoms with van der Waals surface area (Å²) < 4.78 is 5.13. The second-order valence-corrected chi connectivity index (χ2v) is 5.91. The molecule has 2 heterocycles. The van der Waals surface area contributed by atoms with Crippen LogP contribution in [0.3, 0.4) is 0 Å². The highest BCUT2D eigenvalue weighted by molar-refractivity contribution is 5.98. The van der Waals surface area contributed by atoms with Crippen LogP contribution in [0, 0.1) is 0 Å². The molecular weight excluding hydrogens is 242 g/mol. The number of ether oxygens (including phenoxy) is 1. The van der Waals surface area contributed by atoms with Gasteiger partial charge in [0.25, 0.3) is 0 Å². The van der Waals surface area contributed by atoms with E-state index in [0.717, 1.165) is 31.3 Å². The molecule has 0 aromatic heterocycles. The van der Waals surface area contributed by atoms with Gasteiger partial charge in [-0.15, -0.1) is 0 Å². The van der Waals surface area contributed by atoms with Gasteiger partial charge >= 0.3 is 5.97 Å². The van der Waals surface area contributed by atoms with Gasteiger partial charge in [0.05, 0.1) is 6.61 Å². The molecule has 3 rings (SSSR count). The van der Waals surface area contributed by atoms with Crippen LogP contribution < -0.4 is 0 Å². The van der Waals surface area contributed by atoms with Crippen LogP contribution in [-0.4, -0.2) is 35.5 Å². The Bertz CT molecular complexity index is 442. The summed E-state index contributed by atoms with van der Waals surface area (Å²) in [4.78, 5) is 26.5. The van der Waals surface area contributed by atoms with Crippen LogP contribution >= 0.6 is 0 Å². The molecule has 0 bridgehead atoms. The molecule has 1 atom stereocenters. The minimum absolute atomic E-state index is 0.0632. The van der Waals surface area contributed by atoms with Crippen LogP contribution in [0.15, 0.2) is 11.1 Å². The summed E-state index contributed by atoms with van der Waals surface area (Å²) in [6.07, 6.45) is 6.80. The van der Waals surface area contributed by atoms with Crippen molar-refractivity contribution in [2.24, 2.45) is 0 Å². The first-order valence-corrected chi connectivity index (χ1v) is 7.33. The fraction of sp³-hybridized carbons (Fsp3) is 0.733. The number of hydrogen-bond acceptors (Lipinski definition) is 3. The first kappa shape index (κ1) is 12.7. The Hall–Kier alpha value is -1.32. The van der Waals surface area contributed by atoms with Gasteiger partial charge in [0.1, 0.15) is 5.54 Å². The van der Waals surface area contributed by atoms with Gasteiger partial charge in [-0.3, -0.25) is 4.79 Å². The van der Waals surface area contributed by atoms with Crippen molar-refractivity contribution < 1.29 is 14.3 Å². The molecule has 0 aromatic rings. The molecule has 0 radical (unpaired) electrons. The molecule has 104 valence electrons. The van der Waals surface area contributed by atoms with E-state index in [0.29, 0.717) is 19.6 Å². The number of allylic oxidation sites excluding steroid dienone is 1. The van der Waals surface area contributed by atoms with Gasteiger partial charge in [-0.05, 0) is 45.4 Å². The average molecular weight is 263 g/mol. The number of amides is 1. The Kier molecular flexibility index (Phi) is 3.11. The van der Waals surface area contributed by atoms with Crippen molar-refractivity contribution in [3.05, 3.63) is 11.1 Å². The number of carbonyl (C=O) groups is 2. The molecule has 3 fully saturated rings. The van der Waals surface area contributed by atoms with Crippen molar-refractivity contribution in [1.82, 2.24) is 4.90 Å². The van der Waals surface area contributed by atoms with E-state index in [-0.39, 0.29) is 11.9 Å². The summed E-state index contributed by atoms with van der Waals surface area (Å²) in [6, 6.07) is 0. The first-order valence-electron chi connectivity index (χ1n) is 7.33. The first-order chi connectivity index (χ1) is 9.15. The molecule has 2 aliphatic heterocycles. The Morgan fingerprint density at radius 1 is 1.21 bits per heavy atom. The van der Waals surface area contributed by atoms with Crippen LogP contribution in [-0.2, 0) is 14.3 Å². The van der Waals surface area contributed by atoms with Crippen LogP contribution in [0.25, 0.3) is 0 Å². The summed E-state index contributed by atoms with van der Waals surface area (Å²) in [6.45, 7) is 3.08. The maximum Gasteiger partial charge on any atom is 0.332 e. The minimum Gasteiger partial charge on any atom is -0.464 e. The molecule has 1 spiro atoms. The molecule has 4 nitrogen and oxygen atoms in total. The molecule has 1 saturated carbocycles. The van der Waals surface area contributed by atoms with E-state index in [9.17, 15) is 9.59 Å². The van der Waals surface area contributed by atoms with Gasteiger partial charge in [0, 0.05) is 18.5 Å². The Balaban J connectivity index is 1.87. The zero-order valence-electron chi connectivity index (χ0n) is 11.5. The molecule has 3 aliphatic rings. The smallest absolute Gasteiger partial charge is 0.332 e. The van der Waals surface area contributed by atoms with Crippen LogP contribution in [0.5, 0.6) is 0 Å². The fourth-order valence-electron chi connectivity index (χ4n) is 3.73. The lowest BCUT2D eigenvalue weighted by atomic mass is 9.93. The standard InChI is InChI=1S/C15H21NO3/c1-11(12-5-2-3-6-12)13(17)16-9-4-7-15(16)8-10-19-14(15)18/h2-10H2,1H3. The largest absolute Gasteiger partial charge is 0.464 e. The lowest BCUT2D eigenvalue weighted by Gasteiger charge is -2.31. The molecule has 19 heavy (non-hydrogen) atoms. The van der Waals surface area contributed by atoms with Crippen molar-refractivity contribution in [2.45, 2.75) is 57.4 Å². The molecule has 4 heteroatoms. The Morgan fingerprint density at radius 2 is 1.95 bits per heavy atom. The zero-order chi connectivity index (χ0) is 13.5. The van der Waals surface area contributed by atoms with E-state index in [4.69, 9.17) is 4.74 Å². The van der Waals surface area contributed by atoms with E-state index in [1.807, 2.05) is 6.92 Å². The van der Waals surface area contributed by atoms with Gasteiger partial charge in [-0.2, -0.15) is 0 Å². The van der Waals surface area contributed by atoms with Gasteiger partial charge < -0.3 is 9.64 Å². The molecule has 2 saturated heterocycles. The van der Waals surface area contributed by atoms with Crippen molar-refractivity contribution >= 4 is 11.9 Å². The summed E-state index contributed by atoms with van der Waals surface area (Å²) in [5.74, 6) is -0.129. The zero-order valence-corrected chi connectivity index (χ0v) is 11.5. The van der Waals surface area contributed by atoms with E-state index in [1.165, 1.54) is 18.4 Å². The van der Waals surface area contributed by atoms with Crippen LogP contribution in [0.1, 0.15) is 51.9 Å². The number of cyclic esters (lactones) is 1. The van der Waals surface area contributed by atoms with Crippen molar-refractivity contribution in [2.75, 3.05) is 13.2 Å². The molecule has 0 N–H and O–H groups in total. The van der Waals surface area contributed by atoms with Gasteiger partial charge in [-0.25, -0.2) is 4.79 Å². The number of hydrogen-bond donors (Lipinski definition) is 0. The van der Waals surface area contributed by atoms with E-state index < -0.39 is 5.54 Å². The average Bonchev–Trinajstić information content (AvgIpc) is 3.12. The third-order valence-electron chi connectivity index (χ3n) is 4.92. The quantitative estimate of drug-likeness (QED) is 0.538. The number of nitrogens with zero attached hydrogens (tertiary/aromatic N) is 1. The van der Waals surface area contributed by atoms with Gasteiger partial charge in [0.15, 0.2) is 0 Å². The highest BCUT2D eigenvalue weighted by atomic mass is 16.5. The third-order valence-corrected chi connectivity index (χ3v) is 4.92. The monoisotopic (exact) mass is 263 g/mol. The molecule has 1 aliphatic carbocycles. The van der Waals surface area contributed by atoms with Crippen molar-refractivity contribution in [3.63, 3.8) is 0 Å². The molecular formula is C15H21NO3. The van der Waals surface area contributed by atoms with E-state index >= 15 is 0 Å². The predicted molar refractivity (Wildman–Crippen MR) is 70.4 cm³/mol. The lowest BCUT2D eigenvalue weighted by molar-refractivity contribution is -0.151. The summed E-state index contributed by atoms with van der Waals surface area (Å²) >= 11 is 0. The molecule has 0 aromatic carbocycles. The van der Waals surface area contributed by atoms with Crippen LogP contribution in [0.2, 0.25) is 0 Å². The number of likely N-dealkylation sites (tertiary alicyclic amines) is 1. The normalized spacial score (nSPS) is 30.3. The molecule has 1 amide bonds. The van der Waals surface area contributed by atoms with Crippen LogP contribution in [0.4, 0.5) is 0 Å². The number of carbonyl (C=O) groups excluding carboxylic acids is 2. The van der Waals surface area contributed by atoms with E-state index in [1.54, 1.807) is 4.90 Å². The lowest BCUT2D eigenvalue weighted by Crippen LogP contribution is -2.51. The molecule has 1 unspecified atom stereocenters. The SMILES string of the molecule is CC(C(=O)N1CCCC12CCOC2=O)=C1CCCC1. The predicted octanol–water partition coefficient (Wildman–Crippen LogP) is 2.19. The maximum absolute atomic E-state index is 12.7. The van der Waals surface area contributed by atoms with Gasteiger partial charge in [0.2, 0.25) is 5.91 Å². The Labute approximate surface area is 113 Å². The highest BCUT2D eigenvalue weighted by Gasteiger charge is 2.54. The Morgan fingerprint density at radius 3 is 2.58 bits per heavy atom. The van der Waals surface area contributed by atoms with E-state index in [2.05, 4.69) is 0 Å². The highest BCUT2D eigenvalue weighted by Crippen LogP contribution is 2.39. The van der Waals surface area contributed by atoms with Gasteiger partial charge in [-0.1, -0.05) is 5.57 Å². The number of esters is 1. The minimum atomic E-state index is -0.641. The van der Waals surface area contributed by atoms with Crippen molar-refractivity contribution in [1.29, 1.82) is 0 Å². The summed E-state index contributed by atoms with van der Waals surface area (Å²) in [5, 5.41) is 0. The fourth-order valence-corrected chi connectivity index (χ4v) is 3.73. The van der Waals surface area contributed by atoms with Crippen molar-refractivity contribution in [3.8, 4) is 0 Å². The third kappa shape index (κ3) is 1.88. The summed E-state index contributed by atoms with van der Waals surface area (Å²) in [5.41, 5.74) is 1.52.